The number of methoxy groups -OCH3 is 2. The number of hydrogen-bond acceptors (Lipinski definition) is 9. The predicted molar refractivity (Wildman–Crippen MR) is 125 cm³/mol. The Morgan fingerprint density at radius 1 is 0.939 bits per heavy atom. The summed E-state index contributed by atoms with van der Waals surface area (Å²) in [7, 11) is 1.84. The Labute approximate surface area is 199 Å². The van der Waals surface area contributed by atoms with Gasteiger partial charge in [-0.3, -0.25) is 0 Å². The van der Waals surface area contributed by atoms with E-state index in [1.165, 1.54) is 14.2 Å². The average molecular weight is 471 g/mol. The summed E-state index contributed by atoms with van der Waals surface area (Å²) in [5.74, 6) is -1.54. The fraction of sp³-hybridized carbons (Fsp3) is 0.429. The van der Waals surface area contributed by atoms with Crippen LogP contribution in [0.5, 0.6) is 0 Å². The summed E-state index contributed by atoms with van der Waals surface area (Å²) >= 11 is 5.35. The van der Waals surface area contributed by atoms with E-state index >= 15 is 0 Å². The zero-order chi connectivity index (χ0) is 24.6. The van der Waals surface area contributed by atoms with Crippen LogP contribution in [0, 0.1) is 27.7 Å². The number of allylic oxidation sites excluding steroid dienone is 1. The van der Waals surface area contributed by atoms with Crippen LogP contribution < -0.4 is 0 Å². The van der Waals surface area contributed by atoms with Crippen LogP contribution in [0.1, 0.15) is 36.6 Å². The number of ether oxygens (including phenoxy) is 2. The number of rotatable bonds is 6. The fourth-order valence-corrected chi connectivity index (χ4v) is 4.37. The van der Waals surface area contributed by atoms with Crippen molar-refractivity contribution in [2.45, 2.75) is 47.6 Å². The van der Waals surface area contributed by atoms with Crippen LogP contribution in [-0.2, 0) is 31.7 Å². The van der Waals surface area contributed by atoms with Crippen molar-refractivity contribution in [3.63, 3.8) is 0 Å². The van der Waals surface area contributed by atoms with E-state index in [9.17, 15) is 9.59 Å². The van der Waals surface area contributed by atoms with E-state index in [0.29, 0.717) is 0 Å². The van der Waals surface area contributed by atoms with Crippen molar-refractivity contribution in [3.8, 4) is 0 Å². The van der Waals surface area contributed by atoms with Crippen LogP contribution >= 0.6 is 0 Å². The van der Waals surface area contributed by atoms with Gasteiger partial charge in [-0.1, -0.05) is 4.91 Å². The summed E-state index contributed by atoms with van der Waals surface area (Å²) < 4.78 is 13.5. The molecule has 1 atom stereocenters. The Bertz CT molecular complexity index is 1110. The zero-order valence-electron chi connectivity index (χ0n) is 20.1. The maximum atomic E-state index is 12.9. The molecule has 1 unspecified atom stereocenters. The van der Waals surface area contributed by atoms with Gasteiger partial charge in [-0.15, -0.1) is 0 Å². The van der Waals surface area contributed by atoms with E-state index in [4.69, 9.17) is 32.3 Å². The first-order valence-electron chi connectivity index (χ1n) is 10.4. The summed E-state index contributed by atoms with van der Waals surface area (Å²) in [4.78, 5) is 26.8. The minimum atomic E-state index is -0.795. The molecule has 1 aliphatic heterocycles. The topological polar surface area (TPSA) is 94.7 Å². The normalized spacial score (nSPS) is 16.8. The molecule has 2 aromatic rings. The first kappa shape index (κ1) is 24.4. The summed E-state index contributed by atoms with van der Waals surface area (Å²) in [5, 5.41) is 11.1. The second-order valence-corrected chi connectivity index (χ2v) is 8.40. The molecule has 1 aliphatic rings. The molecule has 10 nitrogen and oxygen atoms in total. The Balaban J connectivity index is 2.30. The minimum Gasteiger partial charge on any atom is -0.771 e. The standard InChI is InChI=1S/C21H29BN6O4S/c1-12-9-15(4)26(23-12)22(27-16(5)10-13(2)24-27)28-17(6)11-14(3)25(28)18(20(29)31-7)19(33)21(30)32-8/h9-11,14,33H,1-8H3/q-1/p-1/b19-18+. The number of aromatic nitrogens is 4. The van der Waals surface area contributed by atoms with Crippen molar-refractivity contribution >= 4 is 31.7 Å². The van der Waals surface area contributed by atoms with Crippen molar-refractivity contribution < 1.29 is 19.1 Å². The molecule has 33 heavy (non-hydrogen) atoms. The third-order valence-electron chi connectivity index (χ3n) is 5.40. The van der Waals surface area contributed by atoms with Gasteiger partial charge in [-0.2, -0.15) is 0 Å². The minimum absolute atomic E-state index is 0.0898. The monoisotopic (exact) mass is 471 g/mol. The molecule has 3 heterocycles. The highest BCUT2D eigenvalue weighted by Gasteiger charge is 2.35. The van der Waals surface area contributed by atoms with E-state index in [1.807, 2.05) is 73.9 Å². The molecule has 12 heteroatoms. The fourth-order valence-electron chi connectivity index (χ4n) is 4.11. The first-order chi connectivity index (χ1) is 15.5. The van der Waals surface area contributed by atoms with Crippen LogP contribution in [0.2, 0.25) is 0 Å². The maximum absolute atomic E-state index is 12.9. The molecule has 2 aromatic heterocycles. The molecule has 0 spiro atoms. The summed E-state index contributed by atoms with van der Waals surface area (Å²) in [5.41, 5.74) is 4.19. The van der Waals surface area contributed by atoms with Crippen LogP contribution in [0.25, 0.3) is 0 Å². The molecular formula is C21H28BN6O4S-2. The van der Waals surface area contributed by atoms with Crippen LogP contribution in [-0.4, -0.2) is 68.6 Å². The van der Waals surface area contributed by atoms with Gasteiger partial charge in [0.05, 0.1) is 31.6 Å². The molecule has 0 amide bonds. The summed E-state index contributed by atoms with van der Waals surface area (Å²) in [6.07, 6.45) is 1.97. The quantitative estimate of drug-likeness (QED) is 0.270. The molecule has 3 rings (SSSR count). The van der Waals surface area contributed by atoms with Crippen LogP contribution in [0.15, 0.2) is 34.5 Å². The smallest absolute Gasteiger partial charge is 0.354 e. The van der Waals surface area contributed by atoms with Gasteiger partial charge < -0.3 is 41.2 Å². The van der Waals surface area contributed by atoms with Crippen molar-refractivity contribution in [2.24, 2.45) is 0 Å². The number of hydrazine groups is 1. The molecule has 1 radical (unpaired) electrons. The third-order valence-corrected chi connectivity index (χ3v) is 5.76. The van der Waals surface area contributed by atoms with Crippen LogP contribution in [0.4, 0.5) is 0 Å². The predicted octanol–water partition coefficient (Wildman–Crippen LogP) is 1.62. The van der Waals surface area contributed by atoms with Gasteiger partial charge in [0.15, 0.2) is 0 Å². The lowest BCUT2D eigenvalue weighted by Crippen LogP contribution is -2.58. The number of nitrogens with zero attached hydrogens (tertiary/aromatic N) is 6. The molecule has 0 bridgehead atoms. The third kappa shape index (κ3) is 4.34. The second-order valence-electron chi connectivity index (χ2n) is 7.99. The molecule has 0 N–H and O–H groups in total. The molecule has 0 aliphatic carbocycles. The number of carbonyl (C=O) groups excluding carboxylic acids is 2. The Hall–Kier alpha value is -3.28. The highest BCUT2D eigenvalue weighted by molar-refractivity contribution is 7.65. The van der Waals surface area contributed by atoms with Crippen molar-refractivity contribution in [3.05, 3.63) is 57.3 Å². The Morgan fingerprint density at radius 3 is 1.82 bits per heavy atom. The number of esters is 2. The Morgan fingerprint density at radius 2 is 1.42 bits per heavy atom. The van der Waals surface area contributed by atoms with Gasteiger partial charge in [0.2, 0.25) is 0 Å². The highest BCUT2D eigenvalue weighted by atomic mass is 32.1. The van der Waals surface area contributed by atoms with Crippen molar-refractivity contribution in [2.75, 3.05) is 14.2 Å². The second kappa shape index (κ2) is 9.30. The van der Waals surface area contributed by atoms with Gasteiger partial charge in [0.1, 0.15) is 5.70 Å². The Kier molecular flexibility index (Phi) is 6.87. The number of aryl methyl sites for hydroxylation is 4. The summed E-state index contributed by atoms with van der Waals surface area (Å²) in [6.45, 7) is 11.5. The number of hydrogen-bond donors (Lipinski definition) is 0. The van der Waals surface area contributed by atoms with Crippen molar-refractivity contribution in [1.82, 2.24) is 29.3 Å². The van der Waals surface area contributed by atoms with Gasteiger partial charge in [-0.25, -0.2) is 19.8 Å². The molecular weight excluding hydrogens is 443 g/mol. The van der Waals surface area contributed by atoms with E-state index in [1.54, 1.807) is 5.01 Å². The van der Waals surface area contributed by atoms with Gasteiger partial charge in [0, 0.05) is 0 Å². The lowest BCUT2D eigenvalue weighted by atomic mass is 9.91. The first-order valence-corrected chi connectivity index (χ1v) is 10.8. The molecule has 0 saturated heterocycles. The van der Waals surface area contributed by atoms with Crippen LogP contribution in [0.3, 0.4) is 0 Å². The van der Waals surface area contributed by atoms with Gasteiger partial charge in [0.25, 0.3) is 7.12 Å². The number of carbonyl (C=O) groups is 2. The summed E-state index contributed by atoms with van der Waals surface area (Å²) in [6, 6.07) is 3.61. The lowest BCUT2D eigenvalue weighted by Gasteiger charge is -2.51. The molecule has 177 valence electrons. The molecule has 0 aromatic carbocycles. The van der Waals surface area contributed by atoms with Crippen molar-refractivity contribution in [1.29, 1.82) is 0 Å². The largest absolute Gasteiger partial charge is 0.771 e. The SMILES string of the molecule is COC(=O)/C([S-])=C(/C(=O)OC)N1C(C)C=C(C)N1[B-](n1nc(C)cc1C)n1nc(C)cc1C. The van der Waals surface area contributed by atoms with E-state index in [0.717, 1.165) is 28.5 Å². The maximum Gasteiger partial charge on any atom is 0.354 e. The highest BCUT2D eigenvalue weighted by Crippen LogP contribution is 2.31. The van der Waals surface area contributed by atoms with Gasteiger partial charge in [-0.05, 0) is 76.8 Å². The molecule has 0 saturated carbocycles. The van der Waals surface area contributed by atoms with Gasteiger partial charge >= 0.3 is 11.9 Å². The van der Waals surface area contributed by atoms with E-state index in [-0.39, 0.29) is 16.6 Å². The zero-order valence-corrected chi connectivity index (χ0v) is 20.9. The van der Waals surface area contributed by atoms with E-state index < -0.39 is 19.1 Å². The average Bonchev–Trinajstić information content (AvgIpc) is 3.36. The van der Waals surface area contributed by atoms with E-state index in [2.05, 4.69) is 0 Å². The molecule has 0 fully saturated rings. The lowest BCUT2D eigenvalue weighted by molar-refractivity contribution is -0.141.